The molecule has 0 saturated heterocycles. The van der Waals surface area contributed by atoms with Gasteiger partial charge in [0.2, 0.25) is 5.91 Å². The zero-order valence-corrected chi connectivity index (χ0v) is 15.8. The molecule has 9 nitrogen and oxygen atoms in total. The number of carbonyl (C=O) groups is 1. The fraction of sp³-hybridized carbons (Fsp3) is 0.167. The van der Waals surface area contributed by atoms with Gasteiger partial charge in [0, 0.05) is 18.3 Å². The van der Waals surface area contributed by atoms with Gasteiger partial charge < -0.3 is 10.1 Å². The van der Waals surface area contributed by atoms with Crippen molar-refractivity contribution in [2.24, 2.45) is 0 Å². The molecule has 0 saturated carbocycles. The molecular formula is C18H16ClN5O4. The average Bonchev–Trinajstić information content (AvgIpc) is 3.00. The number of carbonyl (C=O) groups excluding carboxylic acids is 1. The van der Waals surface area contributed by atoms with Crippen molar-refractivity contribution in [1.82, 2.24) is 14.8 Å². The zero-order valence-electron chi connectivity index (χ0n) is 15.0. The predicted octanol–water partition coefficient (Wildman–Crippen LogP) is 4.14. The molecule has 0 radical (unpaired) electrons. The first kappa shape index (κ1) is 19.3. The lowest BCUT2D eigenvalue weighted by Gasteiger charge is -2.15. The molecule has 0 spiro atoms. The number of halogens is 1. The maximum Gasteiger partial charge on any atom is 0.275 e. The summed E-state index contributed by atoms with van der Waals surface area (Å²) in [4.78, 5) is 27.2. The van der Waals surface area contributed by atoms with E-state index in [0.29, 0.717) is 16.5 Å². The maximum absolute atomic E-state index is 12.6. The molecule has 0 aliphatic carbocycles. The number of anilines is 1. The number of ether oxygens (including phenoxy) is 1. The van der Waals surface area contributed by atoms with Gasteiger partial charge in [-0.15, -0.1) is 0 Å². The molecule has 28 heavy (non-hydrogen) atoms. The van der Waals surface area contributed by atoms with Gasteiger partial charge in [-0.1, -0.05) is 11.6 Å². The molecule has 1 N–H and O–H groups in total. The Morgan fingerprint density at radius 3 is 2.71 bits per heavy atom. The monoisotopic (exact) mass is 401 g/mol. The molecule has 0 aliphatic rings. The fourth-order valence-electron chi connectivity index (χ4n) is 2.51. The second-order valence-corrected chi connectivity index (χ2v) is 6.36. The summed E-state index contributed by atoms with van der Waals surface area (Å²) in [6.07, 6.45) is 4.51. The number of pyridine rings is 1. The molecule has 3 rings (SSSR count). The lowest BCUT2D eigenvalue weighted by Crippen LogP contribution is -2.25. The van der Waals surface area contributed by atoms with Gasteiger partial charge in [0.1, 0.15) is 17.5 Å². The number of nitro benzene ring substituents is 1. The summed E-state index contributed by atoms with van der Waals surface area (Å²) in [6, 6.07) is 6.68. The average molecular weight is 402 g/mol. The lowest BCUT2D eigenvalue weighted by atomic mass is 10.2. The molecule has 1 amide bonds. The van der Waals surface area contributed by atoms with Crippen LogP contribution >= 0.6 is 11.6 Å². The van der Waals surface area contributed by atoms with Gasteiger partial charge >= 0.3 is 0 Å². The van der Waals surface area contributed by atoms with Crippen molar-refractivity contribution in [1.29, 1.82) is 0 Å². The molecule has 2 aromatic heterocycles. The Balaban J connectivity index is 1.85. The van der Waals surface area contributed by atoms with Gasteiger partial charge in [-0.3, -0.25) is 24.6 Å². The van der Waals surface area contributed by atoms with E-state index in [0.717, 1.165) is 0 Å². The third-order valence-corrected chi connectivity index (χ3v) is 4.34. The molecule has 3 aromatic rings. The van der Waals surface area contributed by atoms with Crippen LogP contribution in [0.1, 0.15) is 18.7 Å². The predicted molar refractivity (Wildman–Crippen MR) is 103 cm³/mol. The quantitative estimate of drug-likeness (QED) is 0.490. The topological polar surface area (TPSA) is 112 Å². The number of hydrogen-bond acceptors (Lipinski definition) is 6. The van der Waals surface area contributed by atoms with Gasteiger partial charge in [-0.25, -0.2) is 0 Å². The number of amides is 1. The number of hydrogen-bond donors (Lipinski definition) is 1. The zero-order chi connectivity index (χ0) is 20.3. The van der Waals surface area contributed by atoms with E-state index in [4.69, 9.17) is 16.3 Å². The molecule has 2 heterocycles. The van der Waals surface area contributed by atoms with Crippen molar-refractivity contribution in [3.8, 4) is 11.5 Å². The standard InChI is InChI=1S/C18H16ClN5O4/c1-11-17(19)10-21-23(11)12(2)18(25)22-13-6-14(24(26)27)8-16(7-13)28-15-4-3-5-20-9-15/h3-10,12H,1-2H3,(H,22,25). The number of nitro groups is 1. The summed E-state index contributed by atoms with van der Waals surface area (Å²) in [5.41, 5.74) is 0.646. The molecule has 1 unspecified atom stereocenters. The SMILES string of the molecule is Cc1c(Cl)cnn1C(C)C(=O)Nc1cc(Oc2cccnc2)cc([N+](=O)[O-])c1. The van der Waals surface area contributed by atoms with Crippen molar-refractivity contribution >= 4 is 28.9 Å². The van der Waals surface area contributed by atoms with E-state index in [-0.39, 0.29) is 17.1 Å². The van der Waals surface area contributed by atoms with Crippen molar-refractivity contribution in [2.75, 3.05) is 5.32 Å². The number of aromatic nitrogens is 3. The Labute approximate surface area is 165 Å². The van der Waals surface area contributed by atoms with Crippen LogP contribution in [0.5, 0.6) is 11.5 Å². The first-order valence-corrected chi connectivity index (χ1v) is 8.61. The minimum absolute atomic E-state index is 0.198. The van der Waals surface area contributed by atoms with Crippen LogP contribution in [0.2, 0.25) is 5.02 Å². The van der Waals surface area contributed by atoms with Crippen LogP contribution in [0.3, 0.4) is 0 Å². The second-order valence-electron chi connectivity index (χ2n) is 5.95. The minimum atomic E-state index is -0.672. The highest BCUT2D eigenvalue weighted by Crippen LogP contribution is 2.30. The summed E-state index contributed by atoms with van der Waals surface area (Å²) < 4.78 is 7.08. The highest BCUT2D eigenvalue weighted by molar-refractivity contribution is 6.31. The van der Waals surface area contributed by atoms with Crippen LogP contribution in [0.4, 0.5) is 11.4 Å². The van der Waals surface area contributed by atoms with Crippen molar-refractivity contribution in [3.63, 3.8) is 0 Å². The normalized spacial score (nSPS) is 11.7. The highest BCUT2D eigenvalue weighted by Gasteiger charge is 2.20. The smallest absolute Gasteiger partial charge is 0.275 e. The van der Waals surface area contributed by atoms with Gasteiger partial charge in [0.25, 0.3) is 5.69 Å². The van der Waals surface area contributed by atoms with Gasteiger partial charge in [0.05, 0.1) is 39.8 Å². The number of rotatable bonds is 6. The first-order chi connectivity index (χ1) is 13.3. The minimum Gasteiger partial charge on any atom is -0.455 e. The number of benzene rings is 1. The first-order valence-electron chi connectivity index (χ1n) is 8.23. The molecular weight excluding hydrogens is 386 g/mol. The Bertz CT molecular complexity index is 1020. The van der Waals surface area contributed by atoms with E-state index < -0.39 is 16.9 Å². The van der Waals surface area contributed by atoms with Crippen LogP contribution in [0.15, 0.2) is 48.9 Å². The molecule has 10 heteroatoms. The molecule has 0 aliphatic heterocycles. The highest BCUT2D eigenvalue weighted by atomic mass is 35.5. The number of nitrogens with one attached hydrogen (secondary N) is 1. The van der Waals surface area contributed by atoms with E-state index in [2.05, 4.69) is 15.4 Å². The van der Waals surface area contributed by atoms with E-state index in [1.807, 2.05) is 0 Å². The van der Waals surface area contributed by atoms with Crippen molar-refractivity contribution < 1.29 is 14.5 Å². The lowest BCUT2D eigenvalue weighted by molar-refractivity contribution is -0.384. The third-order valence-electron chi connectivity index (χ3n) is 3.97. The summed E-state index contributed by atoms with van der Waals surface area (Å²) in [5.74, 6) is 0.203. The summed E-state index contributed by atoms with van der Waals surface area (Å²) in [5, 5.41) is 18.4. The summed E-state index contributed by atoms with van der Waals surface area (Å²) >= 11 is 5.98. The van der Waals surface area contributed by atoms with Gasteiger partial charge in [-0.2, -0.15) is 5.10 Å². The fourth-order valence-corrected chi connectivity index (χ4v) is 2.64. The van der Waals surface area contributed by atoms with Crippen molar-refractivity contribution in [2.45, 2.75) is 19.9 Å². The van der Waals surface area contributed by atoms with Crippen LogP contribution in [-0.4, -0.2) is 25.6 Å². The molecule has 0 fully saturated rings. The molecule has 1 aromatic carbocycles. The Hall–Kier alpha value is -3.46. The van der Waals surface area contributed by atoms with E-state index in [1.165, 1.54) is 35.3 Å². The summed E-state index contributed by atoms with van der Waals surface area (Å²) in [6.45, 7) is 3.39. The van der Waals surface area contributed by atoms with E-state index in [1.54, 1.807) is 32.2 Å². The van der Waals surface area contributed by atoms with Crippen LogP contribution in [-0.2, 0) is 4.79 Å². The van der Waals surface area contributed by atoms with Gasteiger partial charge in [-0.05, 0) is 26.0 Å². The summed E-state index contributed by atoms with van der Waals surface area (Å²) in [7, 11) is 0. The molecule has 1 atom stereocenters. The Morgan fingerprint density at radius 1 is 1.32 bits per heavy atom. The maximum atomic E-state index is 12.6. The second kappa shape index (κ2) is 8.05. The van der Waals surface area contributed by atoms with Gasteiger partial charge in [0.15, 0.2) is 0 Å². The molecule has 144 valence electrons. The van der Waals surface area contributed by atoms with Crippen molar-refractivity contribution in [3.05, 3.63) is 69.8 Å². The largest absolute Gasteiger partial charge is 0.455 e. The third kappa shape index (κ3) is 4.26. The Morgan fingerprint density at radius 2 is 2.11 bits per heavy atom. The number of non-ortho nitro benzene ring substituents is 1. The molecule has 0 bridgehead atoms. The van der Waals surface area contributed by atoms with Crippen LogP contribution < -0.4 is 10.1 Å². The van der Waals surface area contributed by atoms with Crippen LogP contribution in [0, 0.1) is 17.0 Å². The van der Waals surface area contributed by atoms with Crippen LogP contribution in [0.25, 0.3) is 0 Å². The number of nitrogens with zero attached hydrogens (tertiary/aromatic N) is 4. The Kier molecular flexibility index (Phi) is 5.55. The van der Waals surface area contributed by atoms with E-state index >= 15 is 0 Å². The van der Waals surface area contributed by atoms with E-state index in [9.17, 15) is 14.9 Å².